The van der Waals surface area contributed by atoms with Crippen LogP contribution >= 0.6 is 11.8 Å². The fourth-order valence-electron chi connectivity index (χ4n) is 3.56. The first-order chi connectivity index (χ1) is 13.6. The van der Waals surface area contributed by atoms with Crippen LogP contribution in [0.5, 0.6) is 0 Å². The average Bonchev–Trinajstić information content (AvgIpc) is 3.01. The van der Waals surface area contributed by atoms with Gasteiger partial charge < -0.3 is 9.64 Å². The highest BCUT2D eigenvalue weighted by molar-refractivity contribution is 7.99. The van der Waals surface area contributed by atoms with E-state index in [2.05, 4.69) is 10.1 Å². The third-order valence-electron chi connectivity index (χ3n) is 5.02. The predicted octanol–water partition coefficient (Wildman–Crippen LogP) is 2.27. The molecule has 2 heterocycles. The largest absolute Gasteiger partial charge is 0.468 e. The Labute approximate surface area is 168 Å². The van der Waals surface area contributed by atoms with Gasteiger partial charge in [0.15, 0.2) is 0 Å². The second-order valence-corrected chi connectivity index (χ2v) is 8.05. The van der Waals surface area contributed by atoms with Crippen molar-refractivity contribution >= 4 is 36.0 Å². The van der Waals surface area contributed by atoms with Crippen LogP contribution in [0.4, 0.5) is 0 Å². The molecule has 0 bridgehead atoms. The summed E-state index contributed by atoms with van der Waals surface area (Å²) in [6, 6.07) is 5.12. The third kappa shape index (κ3) is 4.73. The van der Waals surface area contributed by atoms with Gasteiger partial charge in [0.05, 0.1) is 6.61 Å². The maximum absolute atomic E-state index is 12.8. The normalized spacial score (nSPS) is 18.8. The highest BCUT2D eigenvalue weighted by atomic mass is 32.2. The van der Waals surface area contributed by atoms with E-state index >= 15 is 0 Å². The summed E-state index contributed by atoms with van der Waals surface area (Å²) in [5.74, 6) is 0.143. The van der Waals surface area contributed by atoms with Gasteiger partial charge in [-0.3, -0.25) is 24.5 Å². The summed E-state index contributed by atoms with van der Waals surface area (Å²) in [6.07, 6.45) is 4.63. The lowest BCUT2D eigenvalue weighted by molar-refractivity contribution is -0.137. The van der Waals surface area contributed by atoms with E-state index in [1.807, 2.05) is 12.1 Å². The zero-order valence-electron chi connectivity index (χ0n) is 15.6. The average molecular weight is 404 g/mol. The molecule has 1 saturated heterocycles. The number of fused-ring (bicyclic) bond motifs is 1. The Kier molecular flexibility index (Phi) is 7.08. The Balaban J connectivity index is 1.54. The van der Waals surface area contributed by atoms with Gasteiger partial charge in [-0.2, -0.15) is 0 Å². The topological polar surface area (TPSA) is 92.8 Å². The molecule has 1 aromatic carbocycles. The van der Waals surface area contributed by atoms with Crippen LogP contribution in [0, 0.1) is 0 Å². The van der Waals surface area contributed by atoms with Crippen molar-refractivity contribution in [2.75, 3.05) is 12.4 Å². The highest BCUT2D eigenvalue weighted by Crippen LogP contribution is 2.34. The summed E-state index contributed by atoms with van der Waals surface area (Å²) < 4.78 is 4.67. The molecule has 1 fully saturated rings. The molecule has 3 amide bonds. The maximum Gasteiger partial charge on any atom is 0.293 e. The van der Waals surface area contributed by atoms with Crippen LogP contribution in [0.2, 0.25) is 0 Å². The number of ether oxygens (including phenoxy) is 1. The number of nitrogens with one attached hydrogen (secondary N) is 1. The third-order valence-corrected chi connectivity index (χ3v) is 6.21. The number of thioether (sulfide) groups is 1. The monoisotopic (exact) mass is 404 g/mol. The number of carbonyl (C=O) groups is 4. The summed E-state index contributed by atoms with van der Waals surface area (Å²) in [4.78, 5) is 49.1. The van der Waals surface area contributed by atoms with Crippen LogP contribution in [-0.2, 0) is 25.7 Å². The van der Waals surface area contributed by atoms with Crippen molar-refractivity contribution in [1.82, 2.24) is 10.2 Å². The molecule has 2 aliphatic heterocycles. The number of nitrogens with zero attached hydrogens (tertiary/aromatic N) is 1. The van der Waals surface area contributed by atoms with Crippen LogP contribution in [-0.4, -0.2) is 47.5 Å². The minimum absolute atomic E-state index is 0.137. The number of hydrogen-bond donors (Lipinski definition) is 1. The van der Waals surface area contributed by atoms with Gasteiger partial charge >= 0.3 is 0 Å². The molecule has 150 valence electrons. The molecule has 0 radical (unpaired) electrons. The smallest absolute Gasteiger partial charge is 0.293 e. The second-order valence-electron chi connectivity index (χ2n) is 6.91. The Morgan fingerprint density at radius 1 is 1.18 bits per heavy atom. The van der Waals surface area contributed by atoms with Gasteiger partial charge in [-0.1, -0.05) is 18.9 Å². The van der Waals surface area contributed by atoms with E-state index in [-0.39, 0.29) is 24.1 Å². The summed E-state index contributed by atoms with van der Waals surface area (Å²) in [5, 5.41) is 2.33. The molecule has 0 aromatic heterocycles. The molecule has 8 heteroatoms. The minimum Gasteiger partial charge on any atom is -0.468 e. The molecule has 0 saturated carbocycles. The SMILES string of the molecule is O=COCCCCCCSc1cccc2c1CN(C1CCC(=O)NC1=O)C2=O. The summed E-state index contributed by atoms with van der Waals surface area (Å²) in [6.45, 7) is 1.36. The lowest BCUT2D eigenvalue weighted by Crippen LogP contribution is -2.52. The van der Waals surface area contributed by atoms with Gasteiger partial charge in [0, 0.05) is 23.4 Å². The van der Waals surface area contributed by atoms with Gasteiger partial charge in [0.25, 0.3) is 12.4 Å². The molecule has 3 rings (SSSR count). The number of imide groups is 1. The molecular formula is C20H24N2O5S. The Bertz CT molecular complexity index is 767. The quantitative estimate of drug-likeness (QED) is 0.278. The van der Waals surface area contributed by atoms with Crippen LogP contribution in [0.15, 0.2) is 23.1 Å². The van der Waals surface area contributed by atoms with Crippen molar-refractivity contribution in [2.45, 2.75) is 56.0 Å². The van der Waals surface area contributed by atoms with E-state index in [1.165, 1.54) is 0 Å². The first-order valence-electron chi connectivity index (χ1n) is 9.56. The zero-order chi connectivity index (χ0) is 19.9. The Morgan fingerprint density at radius 3 is 2.79 bits per heavy atom. The Hall–Kier alpha value is -2.35. The van der Waals surface area contributed by atoms with E-state index in [0.717, 1.165) is 41.9 Å². The van der Waals surface area contributed by atoms with Crippen LogP contribution < -0.4 is 5.32 Å². The molecule has 0 spiro atoms. The zero-order valence-corrected chi connectivity index (χ0v) is 16.5. The standard InChI is InChI=1S/C20H24N2O5S/c23-13-27-10-3-1-2-4-11-28-17-7-5-6-14-15(17)12-22(20(14)26)16-8-9-18(24)21-19(16)25/h5-7,13,16H,1-4,8-12H2,(H,21,24,25). The van der Waals surface area contributed by atoms with E-state index in [4.69, 9.17) is 0 Å². The number of hydrogen-bond acceptors (Lipinski definition) is 6. The van der Waals surface area contributed by atoms with Crippen molar-refractivity contribution in [3.05, 3.63) is 29.3 Å². The van der Waals surface area contributed by atoms with Crippen molar-refractivity contribution in [3.63, 3.8) is 0 Å². The van der Waals surface area contributed by atoms with Crippen LogP contribution in [0.3, 0.4) is 0 Å². The van der Waals surface area contributed by atoms with E-state index in [9.17, 15) is 19.2 Å². The Morgan fingerprint density at radius 2 is 2.00 bits per heavy atom. The number of carbonyl (C=O) groups excluding carboxylic acids is 4. The molecule has 7 nitrogen and oxygen atoms in total. The van der Waals surface area contributed by atoms with Gasteiger partial charge in [-0.15, -0.1) is 11.8 Å². The number of piperidine rings is 1. The number of amides is 3. The summed E-state index contributed by atoms with van der Waals surface area (Å²) in [5.41, 5.74) is 1.63. The minimum atomic E-state index is -0.580. The lowest BCUT2D eigenvalue weighted by Gasteiger charge is -2.29. The fraction of sp³-hybridized carbons (Fsp3) is 0.500. The second kappa shape index (κ2) is 9.73. The lowest BCUT2D eigenvalue weighted by atomic mass is 10.0. The van der Waals surface area contributed by atoms with Crippen molar-refractivity contribution < 1.29 is 23.9 Å². The van der Waals surface area contributed by atoms with Crippen LogP contribution in [0.1, 0.15) is 54.4 Å². The van der Waals surface area contributed by atoms with E-state index < -0.39 is 6.04 Å². The number of benzene rings is 1. The molecule has 28 heavy (non-hydrogen) atoms. The summed E-state index contributed by atoms with van der Waals surface area (Å²) >= 11 is 1.73. The summed E-state index contributed by atoms with van der Waals surface area (Å²) in [7, 11) is 0. The molecule has 0 aliphatic carbocycles. The van der Waals surface area contributed by atoms with Gasteiger partial charge in [-0.05, 0) is 42.7 Å². The maximum atomic E-state index is 12.8. The van der Waals surface area contributed by atoms with Crippen molar-refractivity contribution in [1.29, 1.82) is 0 Å². The molecule has 1 aromatic rings. The van der Waals surface area contributed by atoms with Gasteiger partial charge in [0.1, 0.15) is 6.04 Å². The van der Waals surface area contributed by atoms with Crippen molar-refractivity contribution in [2.24, 2.45) is 0 Å². The fourth-order valence-corrected chi connectivity index (χ4v) is 4.66. The van der Waals surface area contributed by atoms with Crippen molar-refractivity contribution in [3.8, 4) is 0 Å². The molecular weight excluding hydrogens is 380 g/mol. The molecule has 1 N–H and O–H groups in total. The first kappa shape index (κ1) is 20.4. The van der Waals surface area contributed by atoms with Gasteiger partial charge in [0.2, 0.25) is 11.8 Å². The number of unbranched alkanes of at least 4 members (excludes halogenated alkanes) is 3. The molecule has 1 atom stereocenters. The van der Waals surface area contributed by atoms with Crippen LogP contribution in [0.25, 0.3) is 0 Å². The molecule has 1 unspecified atom stereocenters. The van der Waals surface area contributed by atoms with E-state index in [0.29, 0.717) is 31.6 Å². The van der Waals surface area contributed by atoms with Gasteiger partial charge in [-0.25, -0.2) is 0 Å². The first-order valence-corrected chi connectivity index (χ1v) is 10.5. The predicted molar refractivity (Wildman–Crippen MR) is 104 cm³/mol. The number of rotatable bonds is 10. The highest BCUT2D eigenvalue weighted by Gasteiger charge is 2.39. The molecule has 2 aliphatic rings. The van der Waals surface area contributed by atoms with E-state index in [1.54, 1.807) is 22.7 Å².